The Morgan fingerprint density at radius 1 is 1.24 bits per heavy atom. The van der Waals surface area contributed by atoms with E-state index in [0.717, 1.165) is 5.69 Å². The van der Waals surface area contributed by atoms with Crippen LogP contribution in [0.25, 0.3) is 0 Å². The van der Waals surface area contributed by atoms with Gasteiger partial charge >= 0.3 is 5.97 Å². The molecule has 2 heterocycles. The lowest BCUT2D eigenvalue weighted by atomic mass is 10.1. The van der Waals surface area contributed by atoms with Crippen molar-refractivity contribution in [3.05, 3.63) is 59.9 Å². The van der Waals surface area contributed by atoms with Crippen LogP contribution in [0, 0.1) is 0 Å². The molecule has 0 unspecified atom stereocenters. The van der Waals surface area contributed by atoms with Crippen LogP contribution in [-0.4, -0.2) is 29.6 Å². The van der Waals surface area contributed by atoms with Crippen molar-refractivity contribution in [1.82, 2.24) is 4.98 Å². The summed E-state index contributed by atoms with van der Waals surface area (Å²) in [6.45, 7) is 0. The fourth-order valence-electron chi connectivity index (χ4n) is 2.06. The number of nitrogens with zero attached hydrogens (tertiary/aromatic N) is 3. The van der Waals surface area contributed by atoms with Crippen LogP contribution in [0.4, 0.5) is 5.69 Å². The zero-order chi connectivity index (χ0) is 14.8. The minimum absolute atomic E-state index is 0.116. The van der Waals surface area contributed by atoms with E-state index in [1.54, 1.807) is 43.6 Å². The summed E-state index contributed by atoms with van der Waals surface area (Å²) in [4.78, 5) is 34.0. The Balaban J connectivity index is 1.87. The summed E-state index contributed by atoms with van der Waals surface area (Å²) in [5.41, 5.74) is 1.77. The first kappa shape index (κ1) is 13.0. The first-order valence-electron chi connectivity index (χ1n) is 6.25. The Morgan fingerprint density at radius 2 is 2.05 bits per heavy atom. The molecule has 1 aromatic heterocycles. The van der Waals surface area contributed by atoms with Gasteiger partial charge in [-0.1, -0.05) is 23.4 Å². The number of rotatable bonds is 2. The molecule has 0 saturated heterocycles. The molecule has 21 heavy (non-hydrogen) atoms. The summed E-state index contributed by atoms with van der Waals surface area (Å²) in [6.07, 6.45) is 2.92. The van der Waals surface area contributed by atoms with E-state index in [1.165, 1.54) is 11.1 Å². The molecule has 104 valence electrons. The molecule has 0 atom stereocenters. The fraction of sp³-hybridized carbons (Fsp3) is 0.0667. The predicted octanol–water partition coefficient (Wildman–Crippen LogP) is 1.62. The van der Waals surface area contributed by atoms with Crippen molar-refractivity contribution in [1.29, 1.82) is 0 Å². The number of carbonyl (C=O) groups is 2. The maximum atomic E-state index is 12.1. The number of hydrogen-bond acceptors (Lipinski definition) is 5. The summed E-state index contributed by atoms with van der Waals surface area (Å²) in [5.74, 6) is -0.967. The van der Waals surface area contributed by atoms with Crippen LogP contribution in [-0.2, 0) is 9.63 Å². The van der Waals surface area contributed by atoms with E-state index in [0.29, 0.717) is 5.56 Å². The number of pyridine rings is 1. The lowest BCUT2D eigenvalue weighted by molar-refractivity contribution is -0.112. The number of hydrogen-bond donors (Lipinski definition) is 0. The van der Waals surface area contributed by atoms with E-state index in [1.807, 2.05) is 6.07 Å². The van der Waals surface area contributed by atoms with Gasteiger partial charge in [0.15, 0.2) is 5.71 Å². The van der Waals surface area contributed by atoms with E-state index in [2.05, 4.69) is 10.1 Å². The van der Waals surface area contributed by atoms with E-state index < -0.39 is 5.97 Å². The molecule has 0 N–H and O–H groups in total. The van der Waals surface area contributed by atoms with Crippen LogP contribution < -0.4 is 4.90 Å². The number of amides is 1. The van der Waals surface area contributed by atoms with Gasteiger partial charge in [-0.25, -0.2) is 4.79 Å². The van der Waals surface area contributed by atoms with Crippen LogP contribution in [0.2, 0.25) is 0 Å². The lowest BCUT2D eigenvalue weighted by Crippen LogP contribution is -2.25. The number of benzene rings is 1. The third-order valence-electron chi connectivity index (χ3n) is 3.14. The number of aromatic nitrogens is 1. The molecule has 0 saturated carbocycles. The van der Waals surface area contributed by atoms with Crippen LogP contribution in [0.1, 0.15) is 15.9 Å². The zero-order valence-corrected chi connectivity index (χ0v) is 11.2. The highest BCUT2D eigenvalue weighted by molar-refractivity contribution is 6.54. The summed E-state index contributed by atoms with van der Waals surface area (Å²) >= 11 is 0. The average Bonchev–Trinajstić information content (AvgIpc) is 2.78. The molecular weight excluding hydrogens is 270 g/mol. The molecule has 2 aromatic rings. The van der Waals surface area contributed by atoms with E-state index in [-0.39, 0.29) is 17.2 Å². The largest absolute Gasteiger partial charge is 0.367 e. The van der Waals surface area contributed by atoms with Crippen molar-refractivity contribution < 1.29 is 14.4 Å². The number of para-hydroxylation sites is 1. The molecule has 0 spiro atoms. The van der Waals surface area contributed by atoms with Crippen molar-refractivity contribution >= 4 is 23.3 Å². The molecule has 1 aliphatic rings. The van der Waals surface area contributed by atoms with Crippen LogP contribution in [0.3, 0.4) is 0 Å². The molecule has 6 heteroatoms. The number of oxime groups is 1. The first-order valence-corrected chi connectivity index (χ1v) is 6.25. The first-order chi connectivity index (χ1) is 10.2. The van der Waals surface area contributed by atoms with Crippen LogP contribution in [0.15, 0.2) is 53.9 Å². The van der Waals surface area contributed by atoms with Gasteiger partial charge in [-0.05, 0) is 18.2 Å². The van der Waals surface area contributed by atoms with Gasteiger partial charge in [0.1, 0.15) is 0 Å². The second-order valence-corrected chi connectivity index (χ2v) is 4.44. The van der Waals surface area contributed by atoms with Crippen LogP contribution in [0.5, 0.6) is 0 Å². The summed E-state index contributed by atoms with van der Waals surface area (Å²) < 4.78 is 0. The second kappa shape index (κ2) is 5.16. The van der Waals surface area contributed by atoms with Gasteiger partial charge in [0.2, 0.25) is 0 Å². The maximum absolute atomic E-state index is 12.1. The number of anilines is 1. The second-order valence-electron chi connectivity index (χ2n) is 4.44. The van der Waals surface area contributed by atoms with Gasteiger partial charge < -0.3 is 9.74 Å². The van der Waals surface area contributed by atoms with Crippen molar-refractivity contribution in [3.8, 4) is 0 Å². The molecule has 1 aliphatic heterocycles. The van der Waals surface area contributed by atoms with Crippen molar-refractivity contribution in [2.24, 2.45) is 5.16 Å². The summed E-state index contributed by atoms with van der Waals surface area (Å²) in [6, 6.07) is 10.4. The average molecular weight is 281 g/mol. The van der Waals surface area contributed by atoms with Gasteiger partial charge in [0.05, 0.1) is 11.3 Å². The monoisotopic (exact) mass is 281 g/mol. The molecule has 6 nitrogen and oxygen atoms in total. The van der Waals surface area contributed by atoms with E-state index >= 15 is 0 Å². The highest BCUT2D eigenvalue weighted by Gasteiger charge is 2.32. The predicted molar refractivity (Wildman–Crippen MR) is 76.0 cm³/mol. The molecule has 1 amide bonds. The quantitative estimate of drug-likeness (QED) is 0.619. The molecule has 0 radical (unpaired) electrons. The SMILES string of the molecule is CN1C(=O)/C(=N\OC(=O)c2cccnc2)c2ccccc21. The Morgan fingerprint density at radius 3 is 2.81 bits per heavy atom. The minimum Gasteiger partial charge on any atom is -0.312 e. The van der Waals surface area contributed by atoms with Gasteiger partial charge in [-0.2, -0.15) is 0 Å². The minimum atomic E-state index is -0.657. The third kappa shape index (κ3) is 2.27. The van der Waals surface area contributed by atoms with Gasteiger partial charge in [-0.3, -0.25) is 9.78 Å². The molecular formula is C15H11N3O3. The van der Waals surface area contributed by atoms with E-state index in [4.69, 9.17) is 4.84 Å². The Labute approximate surface area is 120 Å². The van der Waals surface area contributed by atoms with Gasteiger partial charge in [0.25, 0.3) is 5.91 Å². The molecule has 0 fully saturated rings. The lowest BCUT2D eigenvalue weighted by Gasteiger charge is -2.07. The fourth-order valence-corrected chi connectivity index (χ4v) is 2.06. The Kier molecular flexibility index (Phi) is 3.19. The number of likely N-dealkylation sites (N-methyl/N-ethyl adjacent to an activating group) is 1. The molecule has 0 bridgehead atoms. The summed E-state index contributed by atoms with van der Waals surface area (Å²) in [7, 11) is 1.65. The highest BCUT2D eigenvalue weighted by atomic mass is 16.7. The van der Waals surface area contributed by atoms with Gasteiger partial charge in [-0.15, -0.1) is 0 Å². The van der Waals surface area contributed by atoms with Crippen molar-refractivity contribution in [3.63, 3.8) is 0 Å². The van der Waals surface area contributed by atoms with Gasteiger partial charge in [0, 0.05) is 25.0 Å². The number of carbonyl (C=O) groups excluding carboxylic acids is 2. The molecule has 3 rings (SSSR count). The number of fused-ring (bicyclic) bond motifs is 1. The smallest absolute Gasteiger partial charge is 0.312 e. The maximum Gasteiger partial charge on any atom is 0.367 e. The van der Waals surface area contributed by atoms with Crippen LogP contribution >= 0.6 is 0 Å². The third-order valence-corrected chi connectivity index (χ3v) is 3.14. The van der Waals surface area contributed by atoms with Crippen molar-refractivity contribution in [2.75, 3.05) is 11.9 Å². The Bertz CT molecular complexity index is 741. The molecule has 0 aliphatic carbocycles. The van der Waals surface area contributed by atoms with Crippen molar-refractivity contribution in [2.45, 2.75) is 0 Å². The topological polar surface area (TPSA) is 71.9 Å². The standard InChI is InChI=1S/C15H11N3O3/c1-18-12-7-3-2-6-11(12)13(14(18)19)17-21-15(20)10-5-4-8-16-9-10/h2-9H,1H3/b17-13-. The van der Waals surface area contributed by atoms with E-state index in [9.17, 15) is 9.59 Å². The normalized spacial score (nSPS) is 15.2. The zero-order valence-electron chi connectivity index (χ0n) is 11.2. The molecule has 1 aromatic carbocycles. The highest BCUT2D eigenvalue weighted by Crippen LogP contribution is 2.27. The summed E-state index contributed by atoms with van der Waals surface area (Å²) in [5, 5.41) is 3.72. The Hall–Kier alpha value is -3.02.